The molecule has 1 spiro atoms. The number of fused-ring (bicyclic) bond motifs is 1. The molecule has 1 aromatic carbocycles. The van der Waals surface area contributed by atoms with E-state index in [0.717, 1.165) is 17.1 Å². The van der Waals surface area contributed by atoms with Crippen molar-refractivity contribution in [2.45, 2.75) is 58.0 Å². The number of carbonyl (C=O) groups is 2. The molecule has 2 aliphatic carbocycles. The molecule has 8 nitrogen and oxygen atoms in total. The average Bonchev–Trinajstić information content (AvgIpc) is 3.36. The maximum absolute atomic E-state index is 13.9. The van der Waals surface area contributed by atoms with Gasteiger partial charge in [-0.05, 0) is 61.8 Å². The highest BCUT2D eigenvalue weighted by Crippen LogP contribution is 2.70. The van der Waals surface area contributed by atoms with Crippen LogP contribution in [0.25, 0.3) is 0 Å². The zero-order chi connectivity index (χ0) is 23.1. The number of hydrazone groups is 1. The van der Waals surface area contributed by atoms with E-state index in [9.17, 15) is 18.0 Å². The van der Waals surface area contributed by atoms with Crippen molar-refractivity contribution >= 4 is 45.5 Å². The van der Waals surface area contributed by atoms with Gasteiger partial charge in [-0.15, -0.1) is 5.10 Å². The van der Waals surface area contributed by atoms with Gasteiger partial charge in [-0.25, -0.2) is 17.5 Å². The number of rotatable bonds is 2. The number of benzene rings is 1. The second-order valence-corrected chi connectivity index (χ2v) is 12.6. The first kappa shape index (κ1) is 21.7. The quantitative estimate of drug-likeness (QED) is 0.675. The molecule has 4 atom stereocenters. The van der Waals surface area contributed by atoms with Crippen LogP contribution in [-0.4, -0.2) is 53.2 Å². The summed E-state index contributed by atoms with van der Waals surface area (Å²) in [6, 6.07) is 5.73. The van der Waals surface area contributed by atoms with Gasteiger partial charge in [-0.1, -0.05) is 30.5 Å². The molecule has 2 bridgehead atoms. The van der Waals surface area contributed by atoms with E-state index in [1.165, 1.54) is 5.01 Å². The van der Waals surface area contributed by atoms with Crippen LogP contribution in [-0.2, 0) is 14.8 Å². The molecular formula is C22H28ClN4O4S+. The molecule has 10 heteroatoms. The number of hydrogen-bond donors (Lipinski definition) is 2. The second kappa shape index (κ2) is 6.70. The standard InChI is InChI=1S/C22H27ClN4O4S/c1-20(2)14-8-9-22(20)13-32(30,31)26(17(22)12-14)18(28)21(3)10-11-24-27(21)19(29)25-16-6-4-15(23)5-7-16/h4-7,11,14,17H,8-10,12-13H2,1-3H3,(H,25,29)/p+1/t14?,17-,21-,22-/m1/s1. The monoisotopic (exact) mass is 479 g/mol. The molecular weight excluding hydrogens is 452 g/mol. The number of nitrogens with one attached hydrogen (secondary N) is 2. The first-order chi connectivity index (χ1) is 14.9. The SMILES string of the molecule is CC1(C)C2CC[C@]13CS(=O)(=O)N(C(=O)[C@@]1(C)CC=[NH+]N1C(=O)Nc1ccc(Cl)cc1)[C@@H]3C2. The van der Waals surface area contributed by atoms with Crippen LogP contribution < -0.4 is 10.4 Å². The average molecular weight is 480 g/mol. The number of sulfonamides is 1. The van der Waals surface area contributed by atoms with E-state index in [2.05, 4.69) is 24.3 Å². The largest absolute Gasteiger partial charge is 0.375 e. The van der Waals surface area contributed by atoms with Crippen LogP contribution in [0.5, 0.6) is 0 Å². The van der Waals surface area contributed by atoms with Crippen LogP contribution in [0.15, 0.2) is 24.3 Å². The van der Waals surface area contributed by atoms with Crippen LogP contribution in [0.3, 0.4) is 0 Å². The van der Waals surface area contributed by atoms with Crippen molar-refractivity contribution in [2.75, 3.05) is 11.1 Å². The number of nitrogens with zero attached hydrogens (tertiary/aromatic N) is 2. The van der Waals surface area contributed by atoms with Crippen LogP contribution in [0.2, 0.25) is 5.02 Å². The lowest BCUT2D eigenvalue weighted by Crippen LogP contribution is -2.85. The van der Waals surface area contributed by atoms with Crippen LogP contribution in [0.1, 0.15) is 46.5 Å². The third kappa shape index (κ3) is 2.73. The summed E-state index contributed by atoms with van der Waals surface area (Å²) in [7, 11) is -3.78. The molecule has 4 aliphatic rings. The summed E-state index contributed by atoms with van der Waals surface area (Å²) in [6.07, 6.45) is 4.34. The Morgan fingerprint density at radius 3 is 2.53 bits per heavy atom. The molecule has 2 aliphatic heterocycles. The van der Waals surface area contributed by atoms with Crippen LogP contribution in [0, 0.1) is 16.7 Å². The molecule has 32 heavy (non-hydrogen) atoms. The summed E-state index contributed by atoms with van der Waals surface area (Å²) >= 11 is 5.90. The smallest absolute Gasteiger partial charge is 0.304 e. The summed E-state index contributed by atoms with van der Waals surface area (Å²) in [6.45, 7) is 5.91. The van der Waals surface area contributed by atoms with Crippen LogP contribution in [0.4, 0.5) is 10.5 Å². The Kier molecular flexibility index (Phi) is 4.54. The Hall–Kier alpha value is -2.13. The minimum absolute atomic E-state index is 0.00407. The molecule has 1 saturated heterocycles. The van der Waals surface area contributed by atoms with E-state index in [0.29, 0.717) is 23.0 Å². The van der Waals surface area contributed by atoms with E-state index >= 15 is 0 Å². The summed E-state index contributed by atoms with van der Waals surface area (Å²) in [4.78, 5) is 26.9. The Morgan fingerprint density at radius 1 is 1.19 bits per heavy atom. The molecule has 3 amide bonds. The summed E-state index contributed by atoms with van der Waals surface area (Å²) in [5.41, 5.74) is -1.38. The lowest BCUT2D eigenvalue weighted by atomic mass is 9.69. The number of hydrazine groups is 1. The molecule has 1 unspecified atom stereocenters. The van der Waals surface area contributed by atoms with Gasteiger partial charge >= 0.3 is 6.03 Å². The van der Waals surface area contributed by atoms with Crippen molar-refractivity contribution in [1.82, 2.24) is 9.31 Å². The van der Waals surface area contributed by atoms with Crippen molar-refractivity contribution < 1.29 is 23.1 Å². The van der Waals surface area contributed by atoms with Gasteiger partial charge in [-0.2, -0.15) is 0 Å². The maximum Gasteiger partial charge on any atom is 0.375 e. The summed E-state index contributed by atoms with van der Waals surface area (Å²) in [5.74, 6) is -0.136. The fourth-order valence-electron chi connectivity index (χ4n) is 6.54. The van der Waals surface area contributed by atoms with Crippen molar-refractivity contribution in [1.29, 1.82) is 0 Å². The van der Waals surface area contributed by atoms with Crippen molar-refractivity contribution in [3.8, 4) is 0 Å². The highest BCUT2D eigenvalue weighted by molar-refractivity contribution is 7.90. The topological polar surface area (TPSA) is 101 Å². The molecule has 1 aromatic rings. The third-order valence-corrected chi connectivity index (χ3v) is 10.7. The molecule has 172 valence electrons. The maximum atomic E-state index is 13.9. The van der Waals surface area contributed by atoms with Gasteiger partial charge in [0.15, 0.2) is 11.8 Å². The van der Waals surface area contributed by atoms with Gasteiger partial charge in [0, 0.05) is 16.1 Å². The van der Waals surface area contributed by atoms with E-state index in [-0.39, 0.29) is 23.6 Å². The number of anilines is 1. The zero-order valence-electron chi connectivity index (χ0n) is 18.4. The number of hydrogen-bond acceptors (Lipinski definition) is 4. The molecule has 5 rings (SSSR count). The zero-order valence-corrected chi connectivity index (χ0v) is 20.0. The Morgan fingerprint density at radius 2 is 1.88 bits per heavy atom. The van der Waals surface area contributed by atoms with Gasteiger partial charge in [0.05, 0.1) is 18.2 Å². The van der Waals surface area contributed by atoms with Crippen LogP contribution >= 0.6 is 11.6 Å². The predicted molar refractivity (Wildman–Crippen MR) is 120 cm³/mol. The Labute approximate surface area is 193 Å². The van der Waals surface area contributed by atoms with E-state index in [1.54, 1.807) is 37.4 Å². The number of urea groups is 1. The van der Waals surface area contributed by atoms with Crippen molar-refractivity contribution in [3.05, 3.63) is 29.3 Å². The van der Waals surface area contributed by atoms with Gasteiger partial charge in [0.2, 0.25) is 10.0 Å². The third-order valence-electron chi connectivity index (χ3n) is 8.58. The minimum Gasteiger partial charge on any atom is -0.304 e. The van der Waals surface area contributed by atoms with Crippen molar-refractivity contribution in [2.24, 2.45) is 16.7 Å². The number of halogens is 1. The first-order valence-corrected chi connectivity index (χ1v) is 12.9. The van der Waals surface area contributed by atoms with Gasteiger partial charge < -0.3 is 5.32 Å². The van der Waals surface area contributed by atoms with E-state index in [1.807, 2.05) is 0 Å². The fraction of sp³-hybridized carbons (Fsp3) is 0.591. The van der Waals surface area contributed by atoms with Gasteiger partial charge in [0.1, 0.15) is 0 Å². The first-order valence-electron chi connectivity index (χ1n) is 10.9. The van der Waals surface area contributed by atoms with Crippen molar-refractivity contribution in [3.63, 3.8) is 0 Å². The fourth-order valence-corrected chi connectivity index (χ4v) is 9.29. The molecule has 3 fully saturated rings. The molecule has 2 heterocycles. The summed E-state index contributed by atoms with van der Waals surface area (Å²) in [5, 5.41) is 7.33. The highest BCUT2D eigenvalue weighted by Gasteiger charge is 2.73. The molecule has 0 aromatic heterocycles. The molecule has 2 N–H and O–H groups in total. The molecule has 2 saturated carbocycles. The lowest BCUT2D eigenvalue weighted by Gasteiger charge is -2.38. The molecule has 0 radical (unpaired) electrons. The number of carbonyl (C=O) groups excluding carboxylic acids is 2. The van der Waals surface area contributed by atoms with Gasteiger partial charge in [-0.3, -0.25) is 4.79 Å². The van der Waals surface area contributed by atoms with E-state index in [4.69, 9.17) is 11.6 Å². The highest BCUT2D eigenvalue weighted by atomic mass is 35.5. The van der Waals surface area contributed by atoms with E-state index < -0.39 is 32.9 Å². The minimum atomic E-state index is -3.78. The summed E-state index contributed by atoms with van der Waals surface area (Å²) < 4.78 is 27.8. The second-order valence-electron chi connectivity index (χ2n) is 10.3. The Bertz CT molecular complexity index is 1140. The van der Waals surface area contributed by atoms with Gasteiger partial charge in [0.25, 0.3) is 5.91 Å². The lowest BCUT2D eigenvalue weighted by molar-refractivity contribution is -0.618. The number of amides is 3. The normalized spacial score (nSPS) is 35.9. The Balaban J connectivity index is 1.44. The predicted octanol–water partition coefficient (Wildman–Crippen LogP) is 1.77.